The number of benzene rings is 1. The van der Waals surface area contributed by atoms with Gasteiger partial charge in [0.1, 0.15) is 5.92 Å². The zero-order valence-corrected chi connectivity index (χ0v) is 11.2. The maximum absolute atomic E-state index is 12.1. The summed E-state index contributed by atoms with van der Waals surface area (Å²) in [4.78, 5) is 24.5. The monoisotopic (exact) mass is 249 g/mol. The molecule has 0 fully saturated rings. The largest absolute Gasteiger partial charge is 0.481 e. The molecule has 0 aliphatic carbocycles. The second kappa shape index (κ2) is 5.67. The molecule has 0 aliphatic rings. The van der Waals surface area contributed by atoms with Crippen LogP contribution in [-0.4, -0.2) is 24.0 Å². The number of hydrogen-bond donors (Lipinski definition) is 1. The van der Waals surface area contributed by atoms with Gasteiger partial charge in [0.25, 0.3) is 0 Å². The number of carboxylic acids is 1. The number of anilines is 1. The Kier molecular flexibility index (Phi) is 4.48. The Morgan fingerprint density at radius 2 is 1.94 bits per heavy atom. The second-order valence-corrected chi connectivity index (χ2v) is 4.49. The van der Waals surface area contributed by atoms with E-state index in [1.54, 1.807) is 14.0 Å². The average molecular weight is 249 g/mol. The van der Waals surface area contributed by atoms with Crippen molar-refractivity contribution in [3.63, 3.8) is 0 Å². The van der Waals surface area contributed by atoms with Crippen LogP contribution in [0.5, 0.6) is 0 Å². The van der Waals surface area contributed by atoms with Gasteiger partial charge in [-0.15, -0.1) is 0 Å². The van der Waals surface area contributed by atoms with E-state index in [9.17, 15) is 9.59 Å². The van der Waals surface area contributed by atoms with Crippen molar-refractivity contribution in [2.75, 3.05) is 11.9 Å². The zero-order chi connectivity index (χ0) is 13.9. The van der Waals surface area contributed by atoms with E-state index in [2.05, 4.69) is 0 Å². The van der Waals surface area contributed by atoms with Crippen molar-refractivity contribution in [3.8, 4) is 0 Å². The lowest BCUT2D eigenvalue weighted by molar-refractivity contribution is -0.146. The minimum Gasteiger partial charge on any atom is -0.481 e. The molecule has 0 spiro atoms. The first-order valence-electron chi connectivity index (χ1n) is 5.96. The highest BCUT2D eigenvalue weighted by Crippen LogP contribution is 2.22. The lowest BCUT2D eigenvalue weighted by Gasteiger charge is -2.22. The van der Waals surface area contributed by atoms with Crippen molar-refractivity contribution in [1.82, 2.24) is 0 Å². The van der Waals surface area contributed by atoms with Crippen LogP contribution < -0.4 is 4.90 Å². The van der Waals surface area contributed by atoms with Crippen molar-refractivity contribution < 1.29 is 14.7 Å². The zero-order valence-electron chi connectivity index (χ0n) is 11.2. The summed E-state index contributed by atoms with van der Waals surface area (Å²) in [5.74, 6) is -2.42. The number of hydrogen-bond acceptors (Lipinski definition) is 2. The van der Waals surface area contributed by atoms with Crippen LogP contribution in [0.2, 0.25) is 0 Å². The smallest absolute Gasteiger partial charge is 0.316 e. The molecule has 1 atom stereocenters. The minimum atomic E-state index is -1.07. The summed E-state index contributed by atoms with van der Waals surface area (Å²) in [5.41, 5.74) is 2.83. The van der Waals surface area contributed by atoms with Crippen molar-refractivity contribution in [2.45, 2.75) is 27.2 Å². The molecule has 1 amide bonds. The van der Waals surface area contributed by atoms with Gasteiger partial charge >= 0.3 is 5.97 Å². The van der Waals surface area contributed by atoms with Crippen molar-refractivity contribution in [2.24, 2.45) is 5.92 Å². The van der Waals surface area contributed by atoms with Gasteiger partial charge in [-0.1, -0.05) is 24.6 Å². The summed E-state index contributed by atoms with van der Waals surface area (Å²) < 4.78 is 0. The van der Waals surface area contributed by atoms with Crippen LogP contribution in [-0.2, 0) is 9.59 Å². The van der Waals surface area contributed by atoms with Crippen LogP contribution >= 0.6 is 0 Å². The van der Waals surface area contributed by atoms with E-state index >= 15 is 0 Å². The molecule has 0 saturated heterocycles. The molecule has 0 aromatic heterocycles. The lowest BCUT2D eigenvalue weighted by atomic mass is 10.0. The summed E-state index contributed by atoms with van der Waals surface area (Å²) in [6.45, 7) is 5.59. The molecule has 18 heavy (non-hydrogen) atoms. The van der Waals surface area contributed by atoms with Crippen molar-refractivity contribution >= 4 is 17.6 Å². The van der Waals surface area contributed by atoms with E-state index in [4.69, 9.17) is 5.11 Å². The molecule has 1 rings (SSSR count). The molecule has 4 nitrogen and oxygen atoms in total. The Morgan fingerprint density at radius 1 is 1.33 bits per heavy atom. The van der Waals surface area contributed by atoms with Gasteiger partial charge in [0, 0.05) is 12.7 Å². The molecule has 1 N–H and O–H groups in total. The molecule has 0 aliphatic heterocycles. The third-order valence-electron chi connectivity index (χ3n) is 3.05. The Hall–Kier alpha value is -1.84. The normalized spacial score (nSPS) is 12.0. The van der Waals surface area contributed by atoms with E-state index in [0.29, 0.717) is 6.42 Å². The molecular formula is C14H19NO3. The highest BCUT2D eigenvalue weighted by Gasteiger charge is 2.28. The first-order chi connectivity index (χ1) is 8.38. The maximum atomic E-state index is 12.1. The first-order valence-corrected chi connectivity index (χ1v) is 5.96. The molecule has 0 bridgehead atoms. The van der Waals surface area contributed by atoms with Gasteiger partial charge < -0.3 is 10.0 Å². The number of rotatable bonds is 4. The van der Waals surface area contributed by atoms with Crippen LogP contribution in [0.25, 0.3) is 0 Å². The molecule has 0 saturated carbocycles. The third kappa shape index (κ3) is 2.88. The molecule has 4 heteroatoms. The summed E-state index contributed by atoms with van der Waals surface area (Å²) in [6, 6.07) is 5.73. The van der Waals surface area contributed by atoms with Crippen molar-refractivity contribution in [3.05, 3.63) is 29.3 Å². The Bertz CT molecular complexity index is 468. The van der Waals surface area contributed by atoms with Crippen molar-refractivity contribution in [1.29, 1.82) is 0 Å². The maximum Gasteiger partial charge on any atom is 0.316 e. The number of aliphatic carboxylic acids is 1. The van der Waals surface area contributed by atoms with Gasteiger partial charge in [-0.2, -0.15) is 0 Å². The quantitative estimate of drug-likeness (QED) is 0.833. The van der Waals surface area contributed by atoms with E-state index in [1.807, 2.05) is 32.0 Å². The first kappa shape index (κ1) is 14.2. The number of amides is 1. The Labute approximate surface area is 107 Å². The van der Waals surface area contributed by atoms with Gasteiger partial charge in [-0.3, -0.25) is 9.59 Å². The third-order valence-corrected chi connectivity index (χ3v) is 3.05. The predicted molar refractivity (Wildman–Crippen MR) is 70.7 cm³/mol. The summed E-state index contributed by atoms with van der Waals surface area (Å²) in [5, 5.41) is 9.01. The van der Waals surface area contributed by atoms with E-state index in [0.717, 1.165) is 16.8 Å². The fraction of sp³-hybridized carbons (Fsp3) is 0.429. The lowest BCUT2D eigenvalue weighted by Crippen LogP contribution is -2.37. The Morgan fingerprint density at radius 3 is 2.39 bits per heavy atom. The van der Waals surface area contributed by atoms with E-state index < -0.39 is 11.9 Å². The molecule has 1 aromatic carbocycles. The fourth-order valence-corrected chi connectivity index (χ4v) is 1.99. The predicted octanol–water partition coefficient (Wildman–Crippen LogP) is 2.38. The minimum absolute atomic E-state index is 0.295. The molecule has 1 unspecified atom stereocenters. The number of carbonyl (C=O) groups is 2. The van der Waals surface area contributed by atoms with E-state index in [1.165, 1.54) is 4.90 Å². The number of nitrogens with zero attached hydrogens (tertiary/aromatic N) is 1. The van der Waals surface area contributed by atoms with Crippen LogP contribution in [0.15, 0.2) is 18.2 Å². The highest BCUT2D eigenvalue weighted by molar-refractivity contribution is 6.05. The van der Waals surface area contributed by atoms with Crippen LogP contribution in [0.1, 0.15) is 24.5 Å². The average Bonchev–Trinajstić information content (AvgIpc) is 2.28. The van der Waals surface area contributed by atoms with Gasteiger partial charge in [0.2, 0.25) is 5.91 Å². The van der Waals surface area contributed by atoms with Crippen LogP contribution in [0, 0.1) is 19.8 Å². The van der Waals surface area contributed by atoms with Gasteiger partial charge in [0.15, 0.2) is 0 Å². The molecular weight excluding hydrogens is 230 g/mol. The molecule has 98 valence electrons. The van der Waals surface area contributed by atoms with Gasteiger partial charge in [-0.25, -0.2) is 0 Å². The van der Waals surface area contributed by atoms with Crippen LogP contribution in [0.4, 0.5) is 5.69 Å². The SMILES string of the molecule is CCC(C(=O)O)C(=O)N(C)c1ccc(C)cc1C. The van der Waals surface area contributed by atoms with Gasteiger partial charge in [0.05, 0.1) is 0 Å². The second-order valence-electron chi connectivity index (χ2n) is 4.49. The fourth-order valence-electron chi connectivity index (χ4n) is 1.99. The molecule has 0 radical (unpaired) electrons. The molecule has 1 aromatic rings. The van der Waals surface area contributed by atoms with Gasteiger partial charge in [-0.05, 0) is 31.9 Å². The summed E-state index contributed by atoms with van der Waals surface area (Å²) in [7, 11) is 1.62. The Balaban J connectivity index is 3.02. The molecule has 0 heterocycles. The topological polar surface area (TPSA) is 57.6 Å². The standard InChI is InChI=1S/C14H19NO3/c1-5-11(14(17)18)13(16)15(4)12-7-6-9(2)8-10(12)3/h6-8,11H,5H2,1-4H3,(H,17,18). The number of aryl methyl sites for hydroxylation is 2. The highest BCUT2D eigenvalue weighted by atomic mass is 16.4. The summed E-state index contributed by atoms with van der Waals surface area (Å²) >= 11 is 0. The summed E-state index contributed by atoms with van der Waals surface area (Å²) in [6.07, 6.45) is 0.295. The van der Waals surface area contributed by atoms with E-state index in [-0.39, 0.29) is 5.91 Å². The van der Waals surface area contributed by atoms with Crippen LogP contribution in [0.3, 0.4) is 0 Å². The number of carbonyl (C=O) groups excluding carboxylic acids is 1. The number of carboxylic acid groups (broad SMARTS) is 1.